The minimum atomic E-state index is -3.69. The molecule has 0 aliphatic carbocycles. The Morgan fingerprint density at radius 1 is 1.45 bits per heavy atom. The number of methoxy groups -OCH3 is 1. The third-order valence-electron chi connectivity index (χ3n) is 3.56. The van der Waals surface area contributed by atoms with E-state index in [9.17, 15) is 13.2 Å². The summed E-state index contributed by atoms with van der Waals surface area (Å²) in [7, 11) is -0.902. The van der Waals surface area contributed by atoms with Gasteiger partial charge < -0.3 is 10.1 Å². The molecule has 22 heavy (non-hydrogen) atoms. The first-order valence-electron chi connectivity index (χ1n) is 6.44. The largest absolute Gasteiger partial charge is 0.465 e. The Balaban J connectivity index is 0.00000242. The second kappa shape index (κ2) is 7.61. The summed E-state index contributed by atoms with van der Waals surface area (Å²) in [5.74, 6) is -0.561. The highest BCUT2D eigenvalue weighted by Gasteiger charge is 2.31. The van der Waals surface area contributed by atoms with E-state index < -0.39 is 16.0 Å². The number of carbonyl (C=O) groups is 1. The van der Waals surface area contributed by atoms with Crippen molar-refractivity contribution in [3.05, 3.63) is 28.8 Å². The van der Waals surface area contributed by atoms with Gasteiger partial charge in [-0.2, -0.15) is 4.31 Å². The smallest absolute Gasteiger partial charge is 0.337 e. The summed E-state index contributed by atoms with van der Waals surface area (Å²) in [6.07, 6.45) is 0.758. The van der Waals surface area contributed by atoms with Crippen molar-refractivity contribution in [2.24, 2.45) is 0 Å². The van der Waals surface area contributed by atoms with E-state index in [2.05, 4.69) is 10.1 Å². The molecule has 1 aliphatic rings. The standard InChI is InChI=1S/C13H17ClN2O4S.ClH/c1-16(10-5-6-15-8-10)21(18,19)12-4-3-9(7-11(12)14)13(17)20-2;/h3-4,7,10,15H,5-6,8H2,1-2H3;1H. The molecule has 0 aromatic heterocycles. The predicted molar refractivity (Wildman–Crippen MR) is 86.3 cm³/mol. The van der Waals surface area contributed by atoms with Gasteiger partial charge in [0.15, 0.2) is 0 Å². The molecule has 1 aliphatic heterocycles. The second-order valence-corrected chi connectivity index (χ2v) is 7.18. The van der Waals surface area contributed by atoms with Crippen molar-refractivity contribution in [1.82, 2.24) is 9.62 Å². The molecule has 0 radical (unpaired) electrons. The van der Waals surface area contributed by atoms with Crippen molar-refractivity contribution >= 4 is 40.0 Å². The molecule has 0 bridgehead atoms. The number of hydrogen-bond acceptors (Lipinski definition) is 5. The van der Waals surface area contributed by atoms with Crippen molar-refractivity contribution in [2.45, 2.75) is 17.4 Å². The van der Waals surface area contributed by atoms with Gasteiger partial charge >= 0.3 is 5.97 Å². The molecule has 2 rings (SSSR count). The quantitative estimate of drug-likeness (QED) is 0.815. The number of nitrogens with zero attached hydrogens (tertiary/aromatic N) is 1. The number of ether oxygens (including phenoxy) is 1. The van der Waals surface area contributed by atoms with E-state index in [0.717, 1.165) is 13.0 Å². The van der Waals surface area contributed by atoms with E-state index in [1.807, 2.05) is 0 Å². The van der Waals surface area contributed by atoms with Crippen molar-refractivity contribution in [3.8, 4) is 0 Å². The highest BCUT2D eigenvalue weighted by molar-refractivity contribution is 7.89. The number of benzene rings is 1. The van der Waals surface area contributed by atoms with Crippen molar-refractivity contribution < 1.29 is 17.9 Å². The number of carbonyl (C=O) groups excluding carboxylic acids is 1. The van der Waals surface area contributed by atoms with E-state index in [4.69, 9.17) is 11.6 Å². The van der Waals surface area contributed by atoms with Crippen molar-refractivity contribution in [2.75, 3.05) is 27.2 Å². The fourth-order valence-corrected chi connectivity index (χ4v) is 4.16. The van der Waals surface area contributed by atoms with Gasteiger partial charge in [0.2, 0.25) is 10.0 Å². The fourth-order valence-electron chi connectivity index (χ4n) is 2.26. The topological polar surface area (TPSA) is 75.7 Å². The molecule has 1 atom stereocenters. The first-order chi connectivity index (χ1) is 9.87. The van der Waals surface area contributed by atoms with Gasteiger partial charge in [-0.3, -0.25) is 0 Å². The Hall–Kier alpha value is -0.860. The normalized spacial score (nSPS) is 18.1. The zero-order valence-electron chi connectivity index (χ0n) is 12.2. The summed E-state index contributed by atoms with van der Waals surface area (Å²) in [6, 6.07) is 3.95. The van der Waals surface area contributed by atoms with Gasteiger partial charge in [0.05, 0.1) is 17.7 Å². The molecule has 6 nitrogen and oxygen atoms in total. The van der Waals surface area contributed by atoms with Crippen LogP contribution < -0.4 is 5.32 Å². The molecule has 1 heterocycles. The first-order valence-corrected chi connectivity index (χ1v) is 8.26. The van der Waals surface area contributed by atoms with Crippen LogP contribution in [-0.4, -0.2) is 52.0 Å². The van der Waals surface area contributed by atoms with Crippen LogP contribution >= 0.6 is 24.0 Å². The molecular weight excluding hydrogens is 351 g/mol. The van der Waals surface area contributed by atoms with Gasteiger partial charge in [0.25, 0.3) is 0 Å². The van der Waals surface area contributed by atoms with E-state index in [0.29, 0.717) is 6.54 Å². The van der Waals surface area contributed by atoms with Gasteiger partial charge in [-0.05, 0) is 31.2 Å². The Morgan fingerprint density at radius 2 is 2.14 bits per heavy atom. The van der Waals surface area contributed by atoms with Gasteiger partial charge in [0, 0.05) is 19.6 Å². The number of esters is 1. The van der Waals surface area contributed by atoms with Crippen LogP contribution in [0.5, 0.6) is 0 Å². The Labute approximate surface area is 141 Å². The molecule has 1 aromatic rings. The number of sulfonamides is 1. The van der Waals surface area contributed by atoms with Crippen LogP contribution in [0.15, 0.2) is 23.1 Å². The van der Waals surface area contributed by atoms with Crippen molar-refractivity contribution in [1.29, 1.82) is 0 Å². The Morgan fingerprint density at radius 3 is 2.64 bits per heavy atom. The molecule has 1 saturated heterocycles. The Kier molecular flexibility index (Phi) is 6.64. The molecule has 0 spiro atoms. The maximum absolute atomic E-state index is 12.6. The van der Waals surface area contributed by atoms with Crippen LogP contribution in [0.25, 0.3) is 0 Å². The first kappa shape index (κ1) is 19.2. The van der Waals surface area contributed by atoms with Gasteiger partial charge in [-0.25, -0.2) is 13.2 Å². The number of hydrogen-bond donors (Lipinski definition) is 1. The summed E-state index contributed by atoms with van der Waals surface area (Å²) >= 11 is 6.04. The summed E-state index contributed by atoms with van der Waals surface area (Å²) in [5.41, 5.74) is 0.214. The van der Waals surface area contributed by atoms with Gasteiger partial charge in [-0.1, -0.05) is 11.6 Å². The fraction of sp³-hybridized carbons (Fsp3) is 0.462. The summed E-state index contributed by atoms with van der Waals surface area (Å²) in [5, 5.41) is 3.13. The molecule has 124 valence electrons. The number of likely N-dealkylation sites (N-methyl/N-ethyl adjacent to an activating group) is 1. The lowest BCUT2D eigenvalue weighted by Crippen LogP contribution is -2.38. The second-order valence-electron chi connectivity index (χ2n) is 4.80. The van der Waals surface area contributed by atoms with Crippen LogP contribution in [0.4, 0.5) is 0 Å². The lowest BCUT2D eigenvalue weighted by atomic mass is 10.2. The predicted octanol–water partition coefficient (Wildman–Crippen LogP) is 1.53. The summed E-state index contributed by atoms with van der Waals surface area (Å²) in [4.78, 5) is 11.4. The average molecular weight is 369 g/mol. The summed E-state index contributed by atoms with van der Waals surface area (Å²) in [6.45, 7) is 1.41. The van der Waals surface area contributed by atoms with Gasteiger partial charge in [-0.15, -0.1) is 12.4 Å². The minimum Gasteiger partial charge on any atom is -0.465 e. The zero-order valence-corrected chi connectivity index (χ0v) is 14.6. The van der Waals surface area contributed by atoms with E-state index >= 15 is 0 Å². The minimum absolute atomic E-state index is 0. The van der Waals surface area contributed by atoms with Crippen LogP contribution in [0.2, 0.25) is 5.02 Å². The van der Waals surface area contributed by atoms with Crippen LogP contribution in [0.1, 0.15) is 16.8 Å². The molecule has 0 amide bonds. The highest BCUT2D eigenvalue weighted by atomic mass is 35.5. The number of nitrogens with one attached hydrogen (secondary N) is 1. The van der Waals surface area contributed by atoms with E-state index in [-0.39, 0.29) is 33.9 Å². The van der Waals surface area contributed by atoms with E-state index in [1.54, 1.807) is 0 Å². The molecule has 1 unspecified atom stereocenters. The molecule has 1 aromatic carbocycles. The summed E-state index contributed by atoms with van der Waals surface area (Å²) < 4.78 is 31.1. The maximum Gasteiger partial charge on any atom is 0.337 e. The molecule has 1 N–H and O–H groups in total. The zero-order chi connectivity index (χ0) is 15.6. The highest BCUT2D eigenvalue weighted by Crippen LogP contribution is 2.27. The lowest BCUT2D eigenvalue weighted by molar-refractivity contribution is 0.0600. The molecule has 9 heteroatoms. The SMILES string of the molecule is COC(=O)c1ccc(S(=O)(=O)N(C)C2CCNC2)c(Cl)c1.Cl. The van der Waals surface area contributed by atoms with Gasteiger partial charge in [0.1, 0.15) is 4.90 Å². The average Bonchev–Trinajstić information content (AvgIpc) is 2.99. The van der Waals surface area contributed by atoms with Crippen LogP contribution in [0.3, 0.4) is 0 Å². The third-order valence-corrected chi connectivity index (χ3v) is 5.95. The van der Waals surface area contributed by atoms with Crippen LogP contribution in [0, 0.1) is 0 Å². The van der Waals surface area contributed by atoms with E-state index in [1.165, 1.54) is 36.7 Å². The third kappa shape index (κ3) is 3.72. The number of halogens is 2. The molecule has 1 fully saturated rings. The lowest BCUT2D eigenvalue weighted by Gasteiger charge is -2.23. The molecular formula is C13H18Cl2N2O4S. The Bertz CT molecular complexity index is 645. The molecule has 0 saturated carbocycles. The number of rotatable bonds is 4. The van der Waals surface area contributed by atoms with Crippen molar-refractivity contribution in [3.63, 3.8) is 0 Å². The van der Waals surface area contributed by atoms with Crippen LogP contribution in [-0.2, 0) is 14.8 Å². The maximum atomic E-state index is 12.6. The monoisotopic (exact) mass is 368 g/mol.